The van der Waals surface area contributed by atoms with E-state index in [1.807, 2.05) is 0 Å². The molecule has 2 N–H and O–H groups in total. The summed E-state index contributed by atoms with van der Waals surface area (Å²) < 4.78 is 70.2. The smallest absolute Gasteiger partial charge is 0.465 e. The number of nitrogens with zero attached hydrogens (tertiary/aromatic N) is 1. The molecule has 1 rings (SSSR count). The fraction of sp³-hybridized carbons (Fsp3) is 0.400. The molecule has 1 aromatic rings. The van der Waals surface area contributed by atoms with Gasteiger partial charge in [0.15, 0.2) is 5.75 Å². The Hall–Kier alpha value is -1.97. The summed E-state index contributed by atoms with van der Waals surface area (Å²) in [7, 11) is 0.823. The first-order valence-electron chi connectivity index (χ1n) is 5.05. The lowest BCUT2D eigenvalue weighted by Gasteiger charge is -2.17. The van der Waals surface area contributed by atoms with Crippen molar-refractivity contribution >= 4 is 5.97 Å². The Morgan fingerprint density at radius 3 is 2.45 bits per heavy atom. The number of alkyl halides is 5. The van der Waals surface area contributed by atoms with Crippen LogP contribution in [0, 0.1) is 0 Å². The highest BCUT2D eigenvalue weighted by Gasteiger charge is 2.37. The van der Waals surface area contributed by atoms with Gasteiger partial charge in [-0.1, -0.05) is 0 Å². The van der Waals surface area contributed by atoms with Crippen LogP contribution in [0.3, 0.4) is 0 Å². The number of nitrogens with two attached hydrogens (primary N) is 1. The minimum atomic E-state index is -5.19. The predicted octanol–water partition coefficient (Wildman–Crippen LogP) is 2.16. The molecule has 5 nitrogen and oxygen atoms in total. The zero-order chi connectivity index (χ0) is 15.5. The van der Waals surface area contributed by atoms with Crippen LogP contribution >= 0.6 is 0 Å². The lowest BCUT2D eigenvalue weighted by atomic mass is 10.1. The number of ether oxygens (including phenoxy) is 2. The molecule has 0 fully saturated rings. The summed E-state index contributed by atoms with van der Waals surface area (Å²) in [5.74, 6) is -2.56. The van der Waals surface area contributed by atoms with Crippen LogP contribution in [0.1, 0.15) is 28.0 Å². The highest BCUT2D eigenvalue weighted by atomic mass is 19.4. The van der Waals surface area contributed by atoms with Crippen LogP contribution < -0.4 is 10.5 Å². The van der Waals surface area contributed by atoms with E-state index in [9.17, 15) is 26.7 Å². The highest BCUT2D eigenvalue weighted by molar-refractivity contribution is 5.94. The number of aromatic nitrogens is 1. The monoisotopic (exact) mass is 300 g/mol. The van der Waals surface area contributed by atoms with Crippen LogP contribution in [0.5, 0.6) is 5.75 Å². The van der Waals surface area contributed by atoms with Crippen molar-refractivity contribution in [3.63, 3.8) is 0 Å². The van der Waals surface area contributed by atoms with Crippen LogP contribution in [0.2, 0.25) is 0 Å². The van der Waals surface area contributed by atoms with E-state index >= 15 is 0 Å². The first kappa shape index (κ1) is 16.1. The molecule has 10 heteroatoms. The molecule has 1 aromatic heterocycles. The fourth-order valence-electron chi connectivity index (χ4n) is 1.39. The van der Waals surface area contributed by atoms with Crippen LogP contribution in [-0.2, 0) is 11.3 Å². The molecule has 1 heterocycles. The predicted molar refractivity (Wildman–Crippen MR) is 55.1 cm³/mol. The van der Waals surface area contributed by atoms with Gasteiger partial charge >= 0.3 is 12.3 Å². The molecule has 0 unspecified atom stereocenters. The van der Waals surface area contributed by atoms with Crippen molar-refractivity contribution in [3.8, 4) is 5.75 Å². The topological polar surface area (TPSA) is 74.4 Å². The summed E-state index contributed by atoms with van der Waals surface area (Å²) in [4.78, 5) is 14.7. The van der Waals surface area contributed by atoms with Gasteiger partial charge in [-0.25, -0.2) is 13.6 Å². The van der Waals surface area contributed by atoms with E-state index in [1.165, 1.54) is 0 Å². The Labute approximate surface area is 109 Å². The Bertz CT molecular complexity index is 504. The van der Waals surface area contributed by atoms with Crippen LogP contribution in [0.25, 0.3) is 0 Å². The van der Waals surface area contributed by atoms with Gasteiger partial charge in [-0.3, -0.25) is 4.98 Å². The zero-order valence-corrected chi connectivity index (χ0v) is 10.0. The van der Waals surface area contributed by atoms with Gasteiger partial charge in [0.25, 0.3) is 6.43 Å². The Morgan fingerprint density at radius 2 is 2.05 bits per heavy atom. The second-order valence-corrected chi connectivity index (χ2v) is 3.42. The van der Waals surface area contributed by atoms with Gasteiger partial charge in [0.1, 0.15) is 11.3 Å². The van der Waals surface area contributed by atoms with Crippen molar-refractivity contribution in [1.29, 1.82) is 0 Å². The largest absolute Gasteiger partial charge is 0.573 e. The van der Waals surface area contributed by atoms with Crippen molar-refractivity contribution in [2.75, 3.05) is 7.11 Å². The van der Waals surface area contributed by atoms with E-state index in [2.05, 4.69) is 14.5 Å². The van der Waals surface area contributed by atoms with Crippen molar-refractivity contribution in [1.82, 2.24) is 4.98 Å². The van der Waals surface area contributed by atoms with E-state index < -0.39 is 42.3 Å². The number of esters is 1. The zero-order valence-electron chi connectivity index (χ0n) is 10.0. The maximum Gasteiger partial charge on any atom is 0.573 e. The average molecular weight is 300 g/mol. The third kappa shape index (κ3) is 3.53. The molecular formula is C10H9F5N2O3. The quantitative estimate of drug-likeness (QED) is 0.681. The van der Waals surface area contributed by atoms with E-state index in [4.69, 9.17) is 5.73 Å². The van der Waals surface area contributed by atoms with Gasteiger partial charge in [-0.2, -0.15) is 0 Å². The number of methoxy groups -OCH3 is 1. The van der Waals surface area contributed by atoms with E-state index in [0.717, 1.165) is 7.11 Å². The summed E-state index contributed by atoms with van der Waals surface area (Å²) in [5, 5.41) is 0. The van der Waals surface area contributed by atoms with Gasteiger partial charge in [0.05, 0.1) is 7.11 Å². The molecule has 112 valence electrons. The molecule has 0 spiro atoms. The lowest BCUT2D eigenvalue weighted by molar-refractivity contribution is -0.275. The summed E-state index contributed by atoms with van der Waals surface area (Å²) in [6.07, 6.45) is -7.78. The molecule has 0 saturated heterocycles. The van der Waals surface area contributed by atoms with E-state index in [0.29, 0.717) is 6.20 Å². The molecular weight excluding hydrogens is 291 g/mol. The number of hydrogen-bond acceptors (Lipinski definition) is 5. The number of hydrogen-bond donors (Lipinski definition) is 1. The minimum absolute atomic E-state index is 0.355. The maximum atomic E-state index is 12.7. The van der Waals surface area contributed by atoms with Crippen LogP contribution in [0.15, 0.2) is 6.20 Å². The molecule has 20 heavy (non-hydrogen) atoms. The van der Waals surface area contributed by atoms with E-state index in [-0.39, 0.29) is 5.56 Å². The second-order valence-electron chi connectivity index (χ2n) is 3.42. The Balaban J connectivity index is 3.55. The molecule has 0 radical (unpaired) electrons. The van der Waals surface area contributed by atoms with Gasteiger partial charge in [-0.05, 0) is 0 Å². The first-order valence-corrected chi connectivity index (χ1v) is 5.05. The standard InChI is InChI=1S/C10H9F5N2O3/c1-19-9(18)5-6(8(11)12)17-3-4(2-16)7(5)20-10(13,14)15/h3,8H,2,16H2,1H3. The number of carbonyl (C=O) groups excluding carboxylic acids is 1. The number of carbonyl (C=O) groups is 1. The number of rotatable bonds is 4. The second kappa shape index (κ2) is 5.99. The number of pyridine rings is 1. The maximum absolute atomic E-state index is 12.7. The molecule has 0 aliphatic carbocycles. The van der Waals surface area contributed by atoms with Crippen LogP contribution in [-0.4, -0.2) is 24.4 Å². The van der Waals surface area contributed by atoms with Crippen LogP contribution in [0.4, 0.5) is 22.0 Å². The SMILES string of the molecule is COC(=O)c1c(C(F)F)ncc(CN)c1OC(F)(F)F. The summed E-state index contributed by atoms with van der Waals surface area (Å²) in [6.45, 7) is -0.494. The molecule has 0 amide bonds. The van der Waals surface area contributed by atoms with Crippen molar-refractivity contribution < 1.29 is 36.2 Å². The van der Waals surface area contributed by atoms with E-state index in [1.54, 1.807) is 0 Å². The van der Waals surface area contributed by atoms with Gasteiger partial charge in [0.2, 0.25) is 0 Å². The van der Waals surface area contributed by atoms with Crippen molar-refractivity contribution in [2.45, 2.75) is 19.3 Å². The first-order chi connectivity index (χ1) is 9.21. The average Bonchev–Trinajstić information content (AvgIpc) is 2.35. The third-order valence-electron chi connectivity index (χ3n) is 2.17. The van der Waals surface area contributed by atoms with Gasteiger partial charge < -0.3 is 15.2 Å². The summed E-state index contributed by atoms with van der Waals surface area (Å²) in [6, 6.07) is 0. The highest BCUT2D eigenvalue weighted by Crippen LogP contribution is 2.35. The molecule has 0 aliphatic heterocycles. The third-order valence-corrected chi connectivity index (χ3v) is 2.17. The molecule has 0 aliphatic rings. The molecule has 0 atom stereocenters. The Kier molecular flexibility index (Phi) is 4.82. The fourth-order valence-corrected chi connectivity index (χ4v) is 1.39. The lowest BCUT2D eigenvalue weighted by Crippen LogP contribution is -2.23. The Morgan fingerprint density at radius 1 is 1.45 bits per heavy atom. The van der Waals surface area contributed by atoms with Gasteiger partial charge in [-0.15, -0.1) is 13.2 Å². The summed E-state index contributed by atoms with van der Waals surface area (Å²) in [5.41, 5.74) is 2.56. The molecule has 0 bridgehead atoms. The van der Waals surface area contributed by atoms with Crippen molar-refractivity contribution in [3.05, 3.63) is 23.0 Å². The number of halogens is 5. The normalized spacial score (nSPS) is 11.6. The summed E-state index contributed by atoms with van der Waals surface area (Å²) >= 11 is 0. The van der Waals surface area contributed by atoms with Crippen molar-refractivity contribution in [2.24, 2.45) is 5.73 Å². The molecule has 0 aromatic carbocycles. The van der Waals surface area contributed by atoms with Gasteiger partial charge in [0, 0.05) is 18.3 Å². The minimum Gasteiger partial charge on any atom is -0.465 e. The molecule has 0 saturated carbocycles.